The number of nitro groups is 1. The van der Waals surface area contributed by atoms with E-state index >= 15 is 0 Å². The number of nitrogens with two attached hydrogens (primary N) is 1. The summed E-state index contributed by atoms with van der Waals surface area (Å²) in [7, 11) is 0. The van der Waals surface area contributed by atoms with Gasteiger partial charge >= 0.3 is 0 Å². The van der Waals surface area contributed by atoms with Gasteiger partial charge in [-0.05, 0) is 12.0 Å². The minimum Gasteiger partial charge on any atom is -0.324 e. The summed E-state index contributed by atoms with van der Waals surface area (Å²) in [5.74, 6) is -0.270. The molecule has 18 heavy (non-hydrogen) atoms. The Hall–Kier alpha value is -1.95. The maximum atomic E-state index is 11.8. The van der Waals surface area contributed by atoms with E-state index in [1.54, 1.807) is 6.07 Å². The van der Waals surface area contributed by atoms with Gasteiger partial charge in [0, 0.05) is 17.8 Å². The van der Waals surface area contributed by atoms with Crippen molar-refractivity contribution in [1.29, 1.82) is 0 Å². The Morgan fingerprint density at radius 2 is 2.22 bits per heavy atom. The second kappa shape index (κ2) is 6.11. The molecule has 3 N–H and O–H groups in total. The molecule has 0 radical (unpaired) electrons. The summed E-state index contributed by atoms with van der Waals surface area (Å²) in [5, 5.41) is 13.2. The summed E-state index contributed by atoms with van der Waals surface area (Å²) in [6.07, 6.45) is 0.795. The van der Waals surface area contributed by atoms with Crippen LogP contribution in [0.4, 0.5) is 11.4 Å². The first-order valence-electron chi connectivity index (χ1n) is 5.76. The van der Waals surface area contributed by atoms with Crippen LogP contribution in [0.25, 0.3) is 0 Å². The number of nitrogens with zero attached hydrogens (tertiary/aromatic N) is 1. The van der Waals surface area contributed by atoms with E-state index in [-0.39, 0.29) is 17.5 Å². The molecule has 98 valence electrons. The summed E-state index contributed by atoms with van der Waals surface area (Å²) in [6, 6.07) is 5.16. The Kier molecular flexibility index (Phi) is 4.79. The van der Waals surface area contributed by atoms with Gasteiger partial charge in [-0.1, -0.05) is 26.3 Å². The Morgan fingerprint density at radius 1 is 1.56 bits per heavy atom. The fraction of sp³-hybridized carbons (Fsp3) is 0.417. The Bertz CT molecular complexity index is 448. The van der Waals surface area contributed by atoms with Gasteiger partial charge in [0.25, 0.3) is 5.69 Å². The van der Waals surface area contributed by atoms with Crippen LogP contribution in [0.15, 0.2) is 24.3 Å². The van der Waals surface area contributed by atoms with Crippen molar-refractivity contribution in [3.8, 4) is 0 Å². The molecular weight excluding hydrogens is 234 g/mol. The predicted octanol–water partition coefficient (Wildman–Crippen LogP) is 1.91. The van der Waals surface area contributed by atoms with Crippen molar-refractivity contribution in [2.45, 2.75) is 26.3 Å². The summed E-state index contributed by atoms with van der Waals surface area (Å²) in [4.78, 5) is 21.9. The molecule has 0 saturated heterocycles. The van der Waals surface area contributed by atoms with Crippen LogP contribution < -0.4 is 11.1 Å². The second-order valence-corrected chi connectivity index (χ2v) is 4.21. The lowest BCUT2D eigenvalue weighted by Gasteiger charge is -2.17. The maximum Gasteiger partial charge on any atom is 0.271 e. The number of rotatable bonds is 5. The van der Waals surface area contributed by atoms with Gasteiger partial charge in [-0.25, -0.2) is 0 Å². The van der Waals surface area contributed by atoms with Gasteiger partial charge in [-0.3, -0.25) is 14.9 Å². The van der Waals surface area contributed by atoms with Crippen LogP contribution in [-0.2, 0) is 4.79 Å². The molecule has 0 spiro atoms. The van der Waals surface area contributed by atoms with Crippen LogP contribution >= 0.6 is 0 Å². The monoisotopic (exact) mass is 251 g/mol. The first kappa shape index (κ1) is 14.1. The van der Waals surface area contributed by atoms with E-state index in [0.717, 1.165) is 6.42 Å². The van der Waals surface area contributed by atoms with Gasteiger partial charge in [-0.15, -0.1) is 0 Å². The van der Waals surface area contributed by atoms with Crippen molar-refractivity contribution >= 4 is 17.3 Å². The maximum absolute atomic E-state index is 11.8. The first-order valence-corrected chi connectivity index (χ1v) is 5.76. The number of anilines is 1. The highest BCUT2D eigenvalue weighted by molar-refractivity contribution is 5.95. The molecule has 1 amide bonds. The number of hydrogen-bond acceptors (Lipinski definition) is 4. The van der Waals surface area contributed by atoms with Gasteiger partial charge in [0.15, 0.2) is 0 Å². The van der Waals surface area contributed by atoms with Gasteiger partial charge in [0.1, 0.15) is 0 Å². The molecule has 1 rings (SSSR count). The SMILES string of the molecule is CCC(C)C(N)C(=O)Nc1cccc([N+](=O)[O-])c1. The third kappa shape index (κ3) is 3.53. The van der Waals surface area contributed by atoms with Crippen LogP contribution in [0.5, 0.6) is 0 Å². The number of amides is 1. The fourth-order valence-corrected chi connectivity index (χ4v) is 1.44. The molecule has 0 aliphatic heterocycles. The fourth-order valence-electron chi connectivity index (χ4n) is 1.44. The predicted molar refractivity (Wildman–Crippen MR) is 69.2 cm³/mol. The lowest BCUT2D eigenvalue weighted by molar-refractivity contribution is -0.384. The molecule has 0 fully saturated rings. The molecule has 0 aliphatic carbocycles. The normalized spacial score (nSPS) is 13.7. The average Bonchev–Trinajstić information content (AvgIpc) is 2.37. The molecule has 1 aromatic carbocycles. The van der Waals surface area contributed by atoms with Crippen molar-refractivity contribution in [3.63, 3.8) is 0 Å². The third-order valence-corrected chi connectivity index (χ3v) is 2.88. The zero-order valence-corrected chi connectivity index (χ0v) is 10.4. The van der Waals surface area contributed by atoms with E-state index in [9.17, 15) is 14.9 Å². The topological polar surface area (TPSA) is 98.3 Å². The molecule has 6 nitrogen and oxygen atoms in total. The minimum absolute atomic E-state index is 0.0590. The van der Waals surface area contributed by atoms with Gasteiger partial charge in [-0.2, -0.15) is 0 Å². The molecule has 0 aromatic heterocycles. The zero-order valence-electron chi connectivity index (χ0n) is 10.4. The smallest absolute Gasteiger partial charge is 0.271 e. The Labute approximate surface area is 105 Å². The molecule has 6 heteroatoms. The van der Waals surface area contributed by atoms with Crippen molar-refractivity contribution in [2.24, 2.45) is 11.7 Å². The van der Waals surface area contributed by atoms with Crippen molar-refractivity contribution in [2.75, 3.05) is 5.32 Å². The molecular formula is C12H17N3O3. The van der Waals surface area contributed by atoms with Crippen molar-refractivity contribution in [1.82, 2.24) is 0 Å². The Morgan fingerprint density at radius 3 is 2.78 bits per heavy atom. The molecule has 2 atom stereocenters. The first-order chi connectivity index (χ1) is 8.45. The number of nitrogens with one attached hydrogen (secondary N) is 1. The summed E-state index contributed by atoms with van der Waals surface area (Å²) < 4.78 is 0. The third-order valence-electron chi connectivity index (χ3n) is 2.88. The van der Waals surface area contributed by atoms with E-state index in [2.05, 4.69) is 5.32 Å². The number of non-ortho nitro benzene ring substituents is 1. The lowest BCUT2D eigenvalue weighted by atomic mass is 9.99. The number of carbonyl (C=O) groups excluding carboxylic acids is 1. The molecule has 0 bridgehead atoms. The summed E-state index contributed by atoms with van der Waals surface area (Å²) in [5.41, 5.74) is 6.09. The largest absolute Gasteiger partial charge is 0.324 e. The molecule has 0 saturated carbocycles. The van der Waals surface area contributed by atoms with Crippen LogP contribution in [0.2, 0.25) is 0 Å². The zero-order chi connectivity index (χ0) is 13.7. The van der Waals surface area contributed by atoms with Gasteiger partial charge in [0.2, 0.25) is 5.91 Å². The summed E-state index contributed by atoms with van der Waals surface area (Å²) in [6.45, 7) is 3.84. The van der Waals surface area contributed by atoms with Gasteiger partial charge in [0.05, 0.1) is 11.0 Å². The highest BCUT2D eigenvalue weighted by atomic mass is 16.6. The van der Waals surface area contributed by atoms with Crippen molar-refractivity contribution in [3.05, 3.63) is 34.4 Å². The van der Waals surface area contributed by atoms with Crippen LogP contribution in [0.1, 0.15) is 20.3 Å². The highest BCUT2D eigenvalue weighted by Crippen LogP contribution is 2.17. The van der Waals surface area contributed by atoms with Gasteiger partial charge < -0.3 is 11.1 Å². The van der Waals surface area contributed by atoms with E-state index in [0.29, 0.717) is 5.69 Å². The number of carbonyl (C=O) groups is 1. The molecule has 0 aliphatic rings. The minimum atomic E-state index is -0.616. The molecule has 1 aromatic rings. The van der Waals surface area contributed by atoms with Crippen LogP contribution in [-0.4, -0.2) is 16.9 Å². The number of benzene rings is 1. The van der Waals surface area contributed by atoms with Crippen LogP contribution in [0, 0.1) is 16.0 Å². The van der Waals surface area contributed by atoms with Crippen molar-refractivity contribution < 1.29 is 9.72 Å². The van der Waals surface area contributed by atoms with E-state index in [1.165, 1.54) is 18.2 Å². The molecule has 0 heterocycles. The van der Waals surface area contributed by atoms with E-state index < -0.39 is 11.0 Å². The average molecular weight is 251 g/mol. The lowest BCUT2D eigenvalue weighted by Crippen LogP contribution is -2.40. The summed E-state index contributed by atoms with van der Waals surface area (Å²) >= 11 is 0. The quantitative estimate of drug-likeness (QED) is 0.616. The van der Waals surface area contributed by atoms with Crippen LogP contribution in [0.3, 0.4) is 0 Å². The number of hydrogen-bond donors (Lipinski definition) is 2. The van der Waals surface area contributed by atoms with E-state index in [4.69, 9.17) is 5.73 Å². The standard InChI is InChI=1S/C12H17N3O3/c1-3-8(2)11(13)12(16)14-9-5-4-6-10(7-9)15(17)18/h4-8,11H,3,13H2,1-2H3,(H,14,16). The highest BCUT2D eigenvalue weighted by Gasteiger charge is 2.19. The van der Waals surface area contributed by atoms with E-state index in [1.807, 2.05) is 13.8 Å². The Balaban J connectivity index is 2.76. The second-order valence-electron chi connectivity index (χ2n) is 4.21. The number of nitro benzene ring substituents is 1. The molecule has 2 unspecified atom stereocenters.